The Labute approximate surface area is 312 Å². The van der Waals surface area contributed by atoms with Gasteiger partial charge in [-0.3, -0.25) is 0 Å². The Balaban J connectivity index is 1.28. The standard InChI is InChI=1S/C51H40N2/c1-51(2)49-29-16-15-28-47(49)48-31-30-44(36-50(48)51)53(43-26-13-6-14-27-43)46-34-40(39-21-17-20-38(32-39)37-18-7-3-8-19-37)33-45(35-46)52(41-22-9-4-10-23-41)42-24-11-5-12-25-42/h3-36H,1-2H3. The summed E-state index contributed by atoms with van der Waals surface area (Å²) in [6.07, 6.45) is 0. The van der Waals surface area contributed by atoms with Gasteiger partial charge < -0.3 is 9.80 Å². The summed E-state index contributed by atoms with van der Waals surface area (Å²) in [5.41, 5.74) is 16.5. The van der Waals surface area contributed by atoms with Crippen molar-refractivity contribution >= 4 is 34.1 Å². The molecule has 0 fully saturated rings. The van der Waals surface area contributed by atoms with Gasteiger partial charge in [0.15, 0.2) is 0 Å². The number of rotatable bonds is 8. The van der Waals surface area contributed by atoms with Crippen LogP contribution in [0, 0.1) is 0 Å². The molecule has 2 nitrogen and oxygen atoms in total. The fourth-order valence-corrected chi connectivity index (χ4v) is 7.99. The van der Waals surface area contributed by atoms with Gasteiger partial charge in [0.05, 0.1) is 0 Å². The molecule has 0 spiro atoms. The minimum atomic E-state index is -0.118. The number of nitrogens with zero attached hydrogens (tertiary/aromatic N) is 2. The Morgan fingerprint density at radius 1 is 0.283 bits per heavy atom. The molecule has 9 rings (SSSR count). The summed E-state index contributed by atoms with van der Waals surface area (Å²) in [5.74, 6) is 0. The van der Waals surface area contributed by atoms with Gasteiger partial charge in [0.1, 0.15) is 0 Å². The second-order valence-electron chi connectivity index (χ2n) is 14.3. The smallest absolute Gasteiger partial charge is 0.0488 e. The second-order valence-corrected chi connectivity index (χ2v) is 14.3. The highest BCUT2D eigenvalue weighted by Crippen LogP contribution is 2.51. The average molecular weight is 681 g/mol. The van der Waals surface area contributed by atoms with E-state index in [1.807, 2.05) is 0 Å². The second kappa shape index (κ2) is 13.5. The minimum Gasteiger partial charge on any atom is -0.310 e. The lowest BCUT2D eigenvalue weighted by molar-refractivity contribution is 0.660. The van der Waals surface area contributed by atoms with Crippen molar-refractivity contribution in [3.05, 3.63) is 217 Å². The maximum Gasteiger partial charge on any atom is 0.0488 e. The SMILES string of the molecule is CC1(C)c2ccccc2-c2ccc(N(c3ccccc3)c3cc(-c4cccc(-c5ccccc5)c4)cc(N(c4ccccc4)c4ccccc4)c3)cc21. The van der Waals surface area contributed by atoms with Gasteiger partial charge >= 0.3 is 0 Å². The highest BCUT2D eigenvalue weighted by atomic mass is 15.2. The topological polar surface area (TPSA) is 6.48 Å². The van der Waals surface area contributed by atoms with E-state index in [0.717, 1.165) is 45.3 Å². The van der Waals surface area contributed by atoms with Gasteiger partial charge in [-0.2, -0.15) is 0 Å². The van der Waals surface area contributed by atoms with Crippen LogP contribution in [0.4, 0.5) is 34.1 Å². The molecule has 0 aliphatic heterocycles. The van der Waals surface area contributed by atoms with Gasteiger partial charge in [0.2, 0.25) is 0 Å². The van der Waals surface area contributed by atoms with Crippen LogP contribution in [0.15, 0.2) is 206 Å². The van der Waals surface area contributed by atoms with Crippen molar-refractivity contribution < 1.29 is 0 Å². The van der Waals surface area contributed by atoms with Crippen molar-refractivity contribution in [2.45, 2.75) is 19.3 Å². The summed E-state index contributed by atoms with van der Waals surface area (Å²) in [4.78, 5) is 4.78. The molecule has 2 heteroatoms. The highest BCUT2D eigenvalue weighted by Gasteiger charge is 2.35. The molecule has 254 valence electrons. The van der Waals surface area contributed by atoms with Gasteiger partial charge in [-0.1, -0.05) is 147 Å². The first-order chi connectivity index (χ1) is 26.0. The summed E-state index contributed by atoms with van der Waals surface area (Å²) in [6.45, 7) is 4.70. The highest BCUT2D eigenvalue weighted by molar-refractivity contribution is 5.90. The van der Waals surface area contributed by atoms with Gasteiger partial charge in [-0.25, -0.2) is 0 Å². The van der Waals surface area contributed by atoms with Crippen LogP contribution in [0.5, 0.6) is 0 Å². The van der Waals surface area contributed by atoms with Crippen LogP contribution in [0.25, 0.3) is 33.4 Å². The maximum atomic E-state index is 2.42. The van der Waals surface area contributed by atoms with Gasteiger partial charge in [0.25, 0.3) is 0 Å². The lowest BCUT2D eigenvalue weighted by Crippen LogP contribution is -2.17. The largest absolute Gasteiger partial charge is 0.310 e. The van der Waals surface area contributed by atoms with Crippen LogP contribution in [0.1, 0.15) is 25.0 Å². The number of para-hydroxylation sites is 3. The molecule has 0 atom stereocenters. The van der Waals surface area contributed by atoms with E-state index in [2.05, 4.69) is 230 Å². The average Bonchev–Trinajstić information content (AvgIpc) is 3.45. The van der Waals surface area contributed by atoms with Crippen LogP contribution in [0.3, 0.4) is 0 Å². The van der Waals surface area contributed by atoms with Crippen molar-refractivity contribution in [1.29, 1.82) is 0 Å². The van der Waals surface area contributed by atoms with Crippen LogP contribution >= 0.6 is 0 Å². The Morgan fingerprint density at radius 2 is 0.736 bits per heavy atom. The molecule has 8 aromatic rings. The minimum absolute atomic E-state index is 0.118. The quantitative estimate of drug-likeness (QED) is 0.158. The van der Waals surface area contributed by atoms with Crippen molar-refractivity contribution in [2.24, 2.45) is 0 Å². The van der Waals surface area contributed by atoms with E-state index < -0.39 is 0 Å². The fraction of sp³-hybridized carbons (Fsp3) is 0.0588. The molecule has 0 unspecified atom stereocenters. The number of fused-ring (bicyclic) bond motifs is 3. The van der Waals surface area contributed by atoms with E-state index >= 15 is 0 Å². The van der Waals surface area contributed by atoms with Crippen LogP contribution in [0.2, 0.25) is 0 Å². The lowest BCUT2D eigenvalue weighted by atomic mass is 9.82. The molecule has 0 radical (unpaired) electrons. The summed E-state index contributed by atoms with van der Waals surface area (Å²) in [6, 6.07) is 74.6. The Hall–Kier alpha value is -6.64. The van der Waals surface area contributed by atoms with Gasteiger partial charge in [0, 0.05) is 39.5 Å². The first-order valence-corrected chi connectivity index (χ1v) is 18.4. The molecule has 0 aromatic heterocycles. The first kappa shape index (κ1) is 32.3. The molecule has 0 bridgehead atoms. The van der Waals surface area contributed by atoms with E-state index in [1.54, 1.807) is 0 Å². The van der Waals surface area contributed by atoms with Crippen molar-refractivity contribution in [2.75, 3.05) is 9.80 Å². The molecule has 8 aromatic carbocycles. The number of benzene rings is 8. The van der Waals surface area contributed by atoms with E-state index in [4.69, 9.17) is 0 Å². The Bertz CT molecular complexity index is 2480. The third kappa shape index (κ3) is 5.99. The van der Waals surface area contributed by atoms with Crippen LogP contribution in [-0.4, -0.2) is 0 Å². The fourth-order valence-electron chi connectivity index (χ4n) is 7.99. The number of hydrogen-bond donors (Lipinski definition) is 0. The molecule has 0 heterocycles. The maximum absolute atomic E-state index is 2.42. The molecule has 0 saturated heterocycles. The van der Waals surface area contributed by atoms with E-state index in [9.17, 15) is 0 Å². The summed E-state index contributed by atoms with van der Waals surface area (Å²) < 4.78 is 0. The third-order valence-corrected chi connectivity index (χ3v) is 10.6. The predicted molar refractivity (Wildman–Crippen MR) is 224 cm³/mol. The molecule has 1 aliphatic carbocycles. The zero-order valence-corrected chi connectivity index (χ0v) is 30.0. The van der Waals surface area contributed by atoms with Gasteiger partial charge in [-0.05, 0) is 117 Å². The molecular weight excluding hydrogens is 641 g/mol. The normalized spacial score (nSPS) is 12.5. The zero-order chi connectivity index (χ0) is 35.8. The molecule has 53 heavy (non-hydrogen) atoms. The lowest BCUT2D eigenvalue weighted by Gasteiger charge is -2.31. The summed E-state index contributed by atoms with van der Waals surface area (Å²) in [7, 11) is 0. The van der Waals surface area contributed by atoms with Crippen LogP contribution in [-0.2, 0) is 5.41 Å². The summed E-state index contributed by atoms with van der Waals surface area (Å²) >= 11 is 0. The Kier molecular flexibility index (Phi) is 8.21. The van der Waals surface area contributed by atoms with Crippen molar-refractivity contribution in [3.63, 3.8) is 0 Å². The van der Waals surface area contributed by atoms with E-state index in [0.29, 0.717) is 0 Å². The monoisotopic (exact) mass is 680 g/mol. The Morgan fingerprint density at radius 3 is 1.32 bits per heavy atom. The molecule has 1 aliphatic rings. The van der Waals surface area contributed by atoms with Crippen molar-refractivity contribution in [1.82, 2.24) is 0 Å². The van der Waals surface area contributed by atoms with E-state index in [-0.39, 0.29) is 5.41 Å². The third-order valence-electron chi connectivity index (χ3n) is 10.6. The predicted octanol–water partition coefficient (Wildman–Crippen LogP) is 14.3. The molecular formula is C51H40N2. The molecule has 0 N–H and O–H groups in total. The zero-order valence-electron chi connectivity index (χ0n) is 30.0. The molecule has 0 saturated carbocycles. The van der Waals surface area contributed by atoms with Gasteiger partial charge in [-0.15, -0.1) is 0 Å². The van der Waals surface area contributed by atoms with Crippen LogP contribution < -0.4 is 9.80 Å². The number of hydrogen-bond acceptors (Lipinski definition) is 2. The molecule has 0 amide bonds. The first-order valence-electron chi connectivity index (χ1n) is 18.4. The number of anilines is 6. The van der Waals surface area contributed by atoms with E-state index in [1.165, 1.54) is 33.4 Å². The van der Waals surface area contributed by atoms with Crippen molar-refractivity contribution in [3.8, 4) is 33.4 Å². The summed E-state index contributed by atoms with van der Waals surface area (Å²) in [5, 5.41) is 0.